The van der Waals surface area contributed by atoms with Crippen LogP contribution in [0.25, 0.3) is 16.7 Å². The van der Waals surface area contributed by atoms with Crippen molar-refractivity contribution in [3.05, 3.63) is 75.1 Å². The van der Waals surface area contributed by atoms with E-state index in [0.717, 1.165) is 27.4 Å². The Kier molecular flexibility index (Phi) is 3.64. The van der Waals surface area contributed by atoms with Crippen LogP contribution in [-0.4, -0.2) is 14.5 Å². The summed E-state index contributed by atoms with van der Waals surface area (Å²) in [7, 11) is 0. The lowest BCUT2D eigenvalue weighted by Crippen LogP contribution is -2.16. The number of benzene rings is 1. The zero-order valence-electron chi connectivity index (χ0n) is 14.0. The van der Waals surface area contributed by atoms with E-state index < -0.39 is 0 Å². The molecule has 1 N–H and O–H groups in total. The number of aromatic nitrogens is 3. The summed E-state index contributed by atoms with van der Waals surface area (Å²) in [5.74, 6) is 2.22. The van der Waals surface area contributed by atoms with E-state index in [9.17, 15) is 4.79 Å². The summed E-state index contributed by atoms with van der Waals surface area (Å²) in [5, 5.41) is 2.01. The van der Waals surface area contributed by atoms with Crippen LogP contribution in [0.2, 0.25) is 0 Å². The number of thiophene rings is 1. The van der Waals surface area contributed by atoms with Gasteiger partial charge in [-0.05, 0) is 48.6 Å². The third-order valence-corrected chi connectivity index (χ3v) is 5.43. The highest BCUT2D eigenvalue weighted by Crippen LogP contribution is 2.39. The lowest BCUT2D eigenvalue weighted by atomic mass is 10.2. The highest BCUT2D eigenvalue weighted by molar-refractivity contribution is 7.09. The zero-order chi connectivity index (χ0) is 17.5. The Bertz CT molecular complexity index is 1120. The van der Waals surface area contributed by atoms with Gasteiger partial charge in [-0.15, -0.1) is 11.3 Å². The molecule has 0 atom stereocenters. The van der Waals surface area contributed by atoms with Crippen molar-refractivity contribution >= 4 is 22.4 Å². The Morgan fingerprint density at radius 3 is 2.92 bits per heavy atom. The van der Waals surface area contributed by atoms with E-state index in [1.807, 2.05) is 41.8 Å². The summed E-state index contributed by atoms with van der Waals surface area (Å²) in [6.45, 7) is 0.477. The number of imidazole rings is 1. The standard InChI is InChI=1S/C20H17N3O2S/c24-19-11-15(25-12-16-2-1-9-26-16)7-8-23(19)14-5-6-17-18(10-14)22-20(21-17)13-3-4-13/h1-2,5-11,13H,3-4,12H2,(H,21,22). The average molecular weight is 363 g/mol. The lowest BCUT2D eigenvalue weighted by Gasteiger charge is -2.08. The Hall–Kier alpha value is -2.86. The molecule has 0 amide bonds. The number of hydrogen-bond acceptors (Lipinski definition) is 4. The second-order valence-electron chi connectivity index (χ2n) is 6.54. The van der Waals surface area contributed by atoms with Crippen molar-refractivity contribution in [3.8, 4) is 11.4 Å². The van der Waals surface area contributed by atoms with E-state index in [4.69, 9.17) is 4.74 Å². The topological polar surface area (TPSA) is 59.9 Å². The van der Waals surface area contributed by atoms with Gasteiger partial charge in [0.2, 0.25) is 0 Å². The van der Waals surface area contributed by atoms with Gasteiger partial charge in [-0.2, -0.15) is 0 Å². The number of H-pyrrole nitrogens is 1. The molecule has 0 unspecified atom stereocenters. The highest BCUT2D eigenvalue weighted by atomic mass is 32.1. The maximum atomic E-state index is 12.5. The van der Waals surface area contributed by atoms with Gasteiger partial charge in [-0.1, -0.05) is 6.07 Å². The van der Waals surface area contributed by atoms with Crippen LogP contribution >= 0.6 is 11.3 Å². The summed E-state index contributed by atoms with van der Waals surface area (Å²) < 4.78 is 7.33. The first-order chi connectivity index (χ1) is 12.8. The monoisotopic (exact) mass is 363 g/mol. The van der Waals surface area contributed by atoms with Crippen LogP contribution in [-0.2, 0) is 6.61 Å². The van der Waals surface area contributed by atoms with Crippen molar-refractivity contribution in [2.45, 2.75) is 25.4 Å². The minimum Gasteiger partial charge on any atom is -0.488 e. The van der Waals surface area contributed by atoms with E-state index in [-0.39, 0.29) is 5.56 Å². The molecule has 0 radical (unpaired) electrons. The molecule has 3 heterocycles. The van der Waals surface area contributed by atoms with E-state index in [1.165, 1.54) is 18.9 Å². The van der Waals surface area contributed by atoms with Crippen LogP contribution < -0.4 is 10.3 Å². The van der Waals surface area contributed by atoms with Gasteiger partial charge in [0.25, 0.3) is 5.56 Å². The average Bonchev–Trinajstić information content (AvgIpc) is 3.20. The smallest absolute Gasteiger partial charge is 0.258 e. The molecule has 1 aliphatic rings. The van der Waals surface area contributed by atoms with Gasteiger partial charge in [0.05, 0.1) is 16.7 Å². The molecule has 130 valence electrons. The van der Waals surface area contributed by atoms with Crippen molar-refractivity contribution in [1.29, 1.82) is 0 Å². The van der Waals surface area contributed by atoms with Crippen LogP contribution in [0.4, 0.5) is 0 Å². The molecule has 1 aliphatic carbocycles. The number of pyridine rings is 1. The second-order valence-corrected chi connectivity index (χ2v) is 7.57. The van der Waals surface area contributed by atoms with Crippen LogP contribution in [0.1, 0.15) is 29.5 Å². The highest BCUT2D eigenvalue weighted by Gasteiger charge is 2.26. The fourth-order valence-electron chi connectivity index (χ4n) is 3.03. The fraction of sp³-hybridized carbons (Fsp3) is 0.200. The predicted molar refractivity (Wildman–Crippen MR) is 102 cm³/mol. The fourth-order valence-corrected chi connectivity index (χ4v) is 3.65. The molecular weight excluding hydrogens is 346 g/mol. The number of hydrogen-bond donors (Lipinski definition) is 1. The van der Waals surface area contributed by atoms with Crippen molar-refractivity contribution in [3.63, 3.8) is 0 Å². The molecule has 4 aromatic rings. The molecule has 0 saturated heterocycles. The number of ether oxygens (including phenoxy) is 1. The summed E-state index contributed by atoms with van der Waals surface area (Å²) in [5.41, 5.74) is 2.61. The maximum Gasteiger partial charge on any atom is 0.258 e. The molecule has 3 aromatic heterocycles. The summed E-state index contributed by atoms with van der Waals surface area (Å²) in [4.78, 5) is 21.7. The molecule has 0 aliphatic heterocycles. The second kappa shape index (κ2) is 6.14. The number of nitrogens with one attached hydrogen (secondary N) is 1. The number of nitrogens with zero attached hydrogens (tertiary/aromatic N) is 2. The summed E-state index contributed by atoms with van der Waals surface area (Å²) in [6, 6.07) is 13.2. The van der Waals surface area contributed by atoms with Crippen molar-refractivity contribution in [2.75, 3.05) is 0 Å². The summed E-state index contributed by atoms with van der Waals surface area (Å²) in [6.07, 6.45) is 4.17. The summed E-state index contributed by atoms with van der Waals surface area (Å²) >= 11 is 1.64. The van der Waals surface area contributed by atoms with Crippen molar-refractivity contribution in [1.82, 2.24) is 14.5 Å². The Morgan fingerprint density at radius 1 is 1.23 bits per heavy atom. The molecule has 5 nitrogen and oxygen atoms in total. The van der Waals surface area contributed by atoms with Gasteiger partial charge in [-0.3, -0.25) is 9.36 Å². The normalized spacial score (nSPS) is 14.0. The third kappa shape index (κ3) is 2.93. The minimum atomic E-state index is -0.116. The largest absolute Gasteiger partial charge is 0.488 e. The van der Waals surface area contributed by atoms with Gasteiger partial charge < -0.3 is 9.72 Å². The first-order valence-electron chi connectivity index (χ1n) is 8.64. The Morgan fingerprint density at radius 2 is 2.15 bits per heavy atom. The van der Waals surface area contributed by atoms with Gasteiger partial charge >= 0.3 is 0 Å². The van der Waals surface area contributed by atoms with Gasteiger partial charge in [-0.25, -0.2) is 4.98 Å². The Labute approximate surface area is 153 Å². The number of fused-ring (bicyclic) bond motifs is 1. The molecular formula is C20H17N3O2S. The van der Waals surface area contributed by atoms with E-state index in [0.29, 0.717) is 18.3 Å². The van der Waals surface area contributed by atoms with Crippen LogP contribution in [0.3, 0.4) is 0 Å². The lowest BCUT2D eigenvalue weighted by molar-refractivity contribution is 0.309. The Balaban J connectivity index is 1.42. The molecule has 5 rings (SSSR count). The number of rotatable bonds is 5. The molecule has 0 bridgehead atoms. The molecule has 6 heteroatoms. The van der Waals surface area contributed by atoms with Gasteiger partial charge in [0.15, 0.2) is 0 Å². The van der Waals surface area contributed by atoms with Crippen LogP contribution in [0.5, 0.6) is 5.75 Å². The van der Waals surface area contributed by atoms with E-state index in [1.54, 1.807) is 22.1 Å². The van der Waals surface area contributed by atoms with E-state index >= 15 is 0 Å². The minimum absolute atomic E-state index is 0.116. The zero-order valence-corrected chi connectivity index (χ0v) is 14.8. The SMILES string of the molecule is O=c1cc(OCc2cccs2)ccn1-c1ccc2nc(C3CC3)[nH]c2c1. The first kappa shape index (κ1) is 15.4. The molecule has 1 aromatic carbocycles. The quantitative estimate of drug-likeness (QED) is 0.577. The third-order valence-electron chi connectivity index (χ3n) is 4.58. The first-order valence-corrected chi connectivity index (χ1v) is 9.52. The van der Waals surface area contributed by atoms with Gasteiger partial charge in [0, 0.05) is 23.1 Å². The van der Waals surface area contributed by atoms with Crippen molar-refractivity contribution in [2.24, 2.45) is 0 Å². The van der Waals surface area contributed by atoms with Gasteiger partial charge in [0.1, 0.15) is 18.2 Å². The van der Waals surface area contributed by atoms with Crippen LogP contribution in [0.15, 0.2) is 58.8 Å². The van der Waals surface area contributed by atoms with Crippen LogP contribution in [0, 0.1) is 0 Å². The molecule has 1 saturated carbocycles. The predicted octanol–water partition coefficient (Wildman–Crippen LogP) is 4.23. The van der Waals surface area contributed by atoms with Crippen molar-refractivity contribution < 1.29 is 4.74 Å². The van der Waals surface area contributed by atoms with E-state index in [2.05, 4.69) is 9.97 Å². The molecule has 0 spiro atoms. The maximum absolute atomic E-state index is 12.5. The molecule has 26 heavy (non-hydrogen) atoms. The molecule has 1 fully saturated rings. The number of aromatic amines is 1.